The molecule has 0 spiro atoms. The number of hydrogen-bond acceptors (Lipinski definition) is 3. The van der Waals surface area contributed by atoms with E-state index in [2.05, 4.69) is 11.9 Å². The van der Waals surface area contributed by atoms with Crippen molar-refractivity contribution >= 4 is 23.6 Å². The summed E-state index contributed by atoms with van der Waals surface area (Å²) in [5.41, 5.74) is 10.7. The Kier molecular flexibility index (Phi) is 7.57. The van der Waals surface area contributed by atoms with Crippen molar-refractivity contribution in [2.45, 2.75) is 20.3 Å². The van der Waals surface area contributed by atoms with E-state index in [1.54, 1.807) is 30.3 Å². The van der Waals surface area contributed by atoms with Crippen LogP contribution in [0.4, 0.5) is 0 Å². The van der Waals surface area contributed by atoms with Crippen LogP contribution >= 0.6 is 0 Å². The highest BCUT2D eigenvalue weighted by Gasteiger charge is 2.15. The van der Waals surface area contributed by atoms with Gasteiger partial charge in [0.2, 0.25) is 0 Å². The molecule has 33 heavy (non-hydrogen) atoms. The molecule has 0 saturated heterocycles. The van der Waals surface area contributed by atoms with E-state index in [1.807, 2.05) is 56.3 Å². The number of hydrogen-bond donors (Lipinski definition) is 3. The highest BCUT2D eigenvalue weighted by atomic mass is 16.1. The predicted molar refractivity (Wildman–Crippen MR) is 135 cm³/mol. The zero-order valence-corrected chi connectivity index (χ0v) is 19.0. The highest BCUT2D eigenvalue weighted by Crippen LogP contribution is 2.27. The quantitative estimate of drug-likeness (QED) is 0.246. The van der Waals surface area contributed by atoms with Crippen molar-refractivity contribution < 1.29 is 9.59 Å². The third-order valence-electron chi connectivity index (χ3n) is 5.34. The molecule has 168 valence electrons. The lowest BCUT2D eigenvalue weighted by molar-refractivity contribution is 0.0947. The first-order valence-corrected chi connectivity index (χ1v) is 10.9. The largest absolute Gasteiger partial charge is 0.384 e. The summed E-state index contributed by atoms with van der Waals surface area (Å²) in [4.78, 5) is 25.6. The Balaban J connectivity index is 1.87. The van der Waals surface area contributed by atoms with E-state index in [-0.39, 0.29) is 23.9 Å². The molecule has 0 radical (unpaired) electrons. The lowest BCUT2D eigenvalue weighted by atomic mass is 9.92. The molecule has 0 heterocycles. The molecule has 3 aromatic carbocycles. The second-order valence-corrected chi connectivity index (χ2v) is 8.40. The van der Waals surface area contributed by atoms with Gasteiger partial charge >= 0.3 is 0 Å². The van der Waals surface area contributed by atoms with E-state index in [0.717, 1.165) is 22.3 Å². The smallest absolute Gasteiger partial charge is 0.251 e. The normalized spacial score (nSPS) is 10.6. The molecule has 5 nitrogen and oxygen atoms in total. The van der Waals surface area contributed by atoms with Gasteiger partial charge in [-0.05, 0) is 46.4 Å². The monoisotopic (exact) mass is 439 g/mol. The number of nitrogen functional groups attached to an aromatic ring is 1. The maximum absolute atomic E-state index is 13.3. The standard InChI is InChI=1S/C28H29N3O2/c1-4-19-7-14-24(21-10-12-23(13-11-21)28(33)31-17-18(2)3)25(15-19)26(32)16-20-5-8-22(9-6-20)27(29)30/h4-15,18H,1,16-17H2,2-3H3,(H3,29,30)(H,31,33). The number of nitrogens with one attached hydrogen (secondary N) is 2. The Hall–Kier alpha value is -3.99. The van der Waals surface area contributed by atoms with E-state index < -0.39 is 0 Å². The Morgan fingerprint density at radius 3 is 2.21 bits per heavy atom. The van der Waals surface area contributed by atoms with Gasteiger partial charge in [0.25, 0.3) is 5.91 Å². The minimum atomic E-state index is -0.109. The van der Waals surface area contributed by atoms with E-state index >= 15 is 0 Å². The van der Waals surface area contributed by atoms with Crippen molar-refractivity contribution in [1.82, 2.24) is 5.32 Å². The number of carbonyl (C=O) groups excluding carboxylic acids is 2. The van der Waals surface area contributed by atoms with Gasteiger partial charge in [-0.25, -0.2) is 0 Å². The summed E-state index contributed by atoms with van der Waals surface area (Å²) >= 11 is 0. The molecule has 4 N–H and O–H groups in total. The van der Waals surface area contributed by atoms with E-state index in [9.17, 15) is 9.59 Å². The molecular weight excluding hydrogens is 410 g/mol. The van der Waals surface area contributed by atoms with Crippen LogP contribution < -0.4 is 11.1 Å². The van der Waals surface area contributed by atoms with Gasteiger partial charge in [0.05, 0.1) is 0 Å². The number of benzene rings is 3. The molecule has 5 heteroatoms. The van der Waals surface area contributed by atoms with Crippen LogP contribution in [0.1, 0.15) is 51.3 Å². The SMILES string of the molecule is C=Cc1ccc(-c2ccc(C(=O)NCC(C)C)cc2)c(C(=O)Cc2ccc(C(=N)N)cc2)c1. The van der Waals surface area contributed by atoms with E-state index in [4.69, 9.17) is 11.1 Å². The molecule has 0 aliphatic carbocycles. The zero-order valence-electron chi connectivity index (χ0n) is 19.0. The number of ketones is 1. The summed E-state index contributed by atoms with van der Waals surface area (Å²) < 4.78 is 0. The molecule has 3 rings (SSSR count). The summed E-state index contributed by atoms with van der Waals surface area (Å²) in [5, 5.41) is 10.4. The minimum Gasteiger partial charge on any atom is -0.384 e. The number of Topliss-reactive ketones (excluding diaryl/α,β-unsaturated/α-hetero) is 1. The fraction of sp³-hybridized carbons (Fsp3) is 0.179. The number of amides is 1. The first kappa shape index (κ1) is 23.7. The molecule has 1 amide bonds. The van der Waals surface area contributed by atoms with Crippen LogP contribution in [0.3, 0.4) is 0 Å². The van der Waals surface area contributed by atoms with Crippen LogP contribution in [0.2, 0.25) is 0 Å². The van der Waals surface area contributed by atoms with Gasteiger partial charge in [-0.2, -0.15) is 0 Å². The molecule has 0 saturated carbocycles. The summed E-state index contributed by atoms with van der Waals surface area (Å²) in [6, 6.07) is 20.1. The van der Waals surface area contributed by atoms with E-state index in [0.29, 0.717) is 29.2 Å². The summed E-state index contributed by atoms with van der Waals surface area (Å²) in [6.45, 7) is 8.53. The van der Waals surface area contributed by atoms with Gasteiger partial charge in [0.15, 0.2) is 5.78 Å². The second kappa shape index (κ2) is 10.6. The molecular formula is C28H29N3O2. The van der Waals surface area contributed by atoms with Crippen molar-refractivity contribution in [1.29, 1.82) is 5.41 Å². The summed E-state index contributed by atoms with van der Waals surface area (Å²) in [6.07, 6.45) is 1.94. The van der Waals surface area contributed by atoms with Crippen molar-refractivity contribution in [3.63, 3.8) is 0 Å². The van der Waals surface area contributed by atoms with Crippen molar-refractivity contribution in [2.75, 3.05) is 6.54 Å². The molecule has 0 aliphatic rings. The van der Waals surface area contributed by atoms with Gasteiger partial charge in [0, 0.05) is 29.7 Å². The maximum atomic E-state index is 13.3. The maximum Gasteiger partial charge on any atom is 0.251 e. The fourth-order valence-corrected chi connectivity index (χ4v) is 3.45. The van der Waals surface area contributed by atoms with Gasteiger partial charge in [-0.1, -0.05) is 75.0 Å². The lowest BCUT2D eigenvalue weighted by Gasteiger charge is -2.12. The second-order valence-electron chi connectivity index (χ2n) is 8.40. The van der Waals surface area contributed by atoms with Crippen LogP contribution in [0.5, 0.6) is 0 Å². The fourth-order valence-electron chi connectivity index (χ4n) is 3.45. The first-order chi connectivity index (χ1) is 15.8. The minimum absolute atomic E-state index is 0.00446. The van der Waals surface area contributed by atoms with Crippen LogP contribution in [-0.4, -0.2) is 24.1 Å². The van der Waals surface area contributed by atoms with Crippen molar-refractivity contribution in [3.8, 4) is 11.1 Å². The lowest BCUT2D eigenvalue weighted by Crippen LogP contribution is -2.27. The average Bonchev–Trinajstić information content (AvgIpc) is 2.82. The van der Waals surface area contributed by atoms with Crippen molar-refractivity contribution in [2.24, 2.45) is 11.7 Å². The summed E-state index contributed by atoms with van der Waals surface area (Å²) in [5.74, 6) is 0.240. The Morgan fingerprint density at radius 2 is 1.64 bits per heavy atom. The van der Waals surface area contributed by atoms with Gasteiger partial charge in [-0.3, -0.25) is 15.0 Å². The molecule has 0 bridgehead atoms. The number of nitrogens with two attached hydrogens (primary N) is 1. The third kappa shape index (κ3) is 6.04. The molecule has 0 fully saturated rings. The molecule has 0 atom stereocenters. The topological polar surface area (TPSA) is 96.0 Å². The van der Waals surface area contributed by atoms with E-state index in [1.165, 1.54) is 0 Å². The Morgan fingerprint density at radius 1 is 1.00 bits per heavy atom. The average molecular weight is 440 g/mol. The molecule has 0 aliphatic heterocycles. The molecule has 0 aromatic heterocycles. The molecule has 0 unspecified atom stereocenters. The Labute approximate surface area is 194 Å². The van der Waals surface area contributed by atoms with Crippen LogP contribution in [0, 0.1) is 11.3 Å². The number of rotatable bonds is 9. The van der Waals surface area contributed by atoms with Gasteiger partial charge < -0.3 is 11.1 Å². The zero-order chi connectivity index (χ0) is 24.0. The summed E-state index contributed by atoms with van der Waals surface area (Å²) in [7, 11) is 0. The third-order valence-corrected chi connectivity index (χ3v) is 5.34. The van der Waals surface area contributed by atoms with Crippen LogP contribution in [-0.2, 0) is 6.42 Å². The highest BCUT2D eigenvalue weighted by molar-refractivity contribution is 6.04. The molecule has 3 aromatic rings. The number of amidine groups is 1. The van der Waals surface area contributed by atoms with Crippen LogP contribution in [0.15, 0.2) is 73.3 Å². The first-order valence-electron chi connectivity index (χ1n) is 10.9. The van der Waals surface area contributed by atoms with Crippen LogP contribution in [0.25, 0.3) is 17.2 Å². The predicted octanol–water partition coefficient (Wildman–Crippen LogP) is 5.09. The van der Waals surface area contributed by atoms with Gasteiger partial charge in [0.1, 0.15) is 5.84 Å². The Bertz CT molecular complexity index is 1180. The van der Waals surface area contributed by atoms with Crippen molar-refractivity contribution in [3.05, 3.63) is 101 Å². The number of carbonyl (C=O) groups is 2. The van der Waals surface area contributed by atoms with Gasteiger partial charge in [-0.15, -0.1) is 0 Å².